The minimum atomic E-state index is 0.0501. The maximum atomic E-state index is 4.46. The van der Waals surface area contributed by atoms with Crippen molar-refractivity contribution in [2.75, 3.05) is 4.90 Å². The van der Waals surface area contributed by atoms with Gasteiger partial charge in [-0.1, -0.05) is 122 Å². The number of anilines is 2. The summed E-state index contributed by atoms with van der Waals surface area (Å²) in [6, 6.07) is 45.7. The Morgan fingerprint density at radius 1 is 0.700 bits per heavy atom. The Morgan fingerprint density at radius 3 is 2.26 bits per heavy atom. The molecule has 240 valence electrons. The second-order valence-electron chi connectivity index (χ2n) is 13.1. The monoisotopic (exact) mass is 643 g/mol. The molecule has 9 rings (SSSR count). The third-order valence-corrected chi connectivity index (χ3v) is 10.0. The lowest BCUT2D eigenvalue weighted by Crippen LogP contribution is -2.26. The fraction of sp³-hybridized carbons (Fsp3) is 0.0638. The lowest BCUT2D eigenvalue weighted by Gasteiger charge is -2.28. The van der Waals surface area contributed by atoms with Gasteiger partial charge in [0.1, 0.15) is 5.82 Å². The maximum Gasteiger partial charge on any atom is 0.112 e. The van der Waals surface area contributed by atoms with Crippen LogP contribution in [0.4, 0.5) is 11.4 Å². The van der Waals surface area contributed by atoms with Gasteiger partial charge in [-0.3, -0.25) is 4.57 Å². The molecule has 0 saturated heterocycles. The summed E-state index contributed by atoms with van der Waals surface area (Å²) >= 11 is 0. The Labute approximate surface area is 293 Å². The van der Waals surface area contributed by atoms with Crippen molar-refractivity contribution in [3.63, 3.8) is 0 Å². The van der Waals surface area contributed by atoms with Gasteiger partial charge in [-0.25, -0.2) is 0 Å². The average molecular weight is 644 g/mol. The summed E-state index contributed by atoms with van der Waals surface area (Å²) in [6.45, 7) is 4.46. The fourth-order valence-corrected chi connectivity index (χ4v) is 7.55. The molecule has 3 heteroatoms. The second-order valence-corrected chi connectivity index (χ2v) is 13.1. The van der Waals surface area contributed by atoms with Crippen LogP contribution in [0.1, 0.15) is 40.4 Å². The van der Waals surface area contributed by atoms with Crippen LogP contribution < -0.4 is 10.2 Å². The highest BCUT2D eigenvalue weighted by molar-refractivity contribution is 5.98. The van der Waals surface area contributed by atoms with Crippen LogP contribution in [0.15, 0.2) is 177 Å². The number of allylic oxidation sites excluding steroid dienone is 7. The molecular weight excluding hydrogens is 607 g/mol. The van der Waals surface area contributed by atoms with Gasteiger partial charge >= 0.3 is 0 Å². The van der Waals surface area contributed by atoms with Gasteiger partial charge in [0.2, 0.25) is 0 Å². The number of nitrogens with one attached hydrogen (secondary N) is 1. The van der Waals surface area contributed by atoms with Crippen molar-refractivity contribution in [2.24, 2.45) is 0 Å². The topological polar surface area (TPSA) is 20.2 Å². The fourth-order valence-electron chi connectivity index (χ4n) is 7.55. The van der Waals surface area contributed by atoms with E-state index < -0.39 is 0 Å². The van der Waals surface area contributed by atoms with Crippen molar-refractivity contribution in [3.8, 4) is 11.1 Å². The van der Waals surface area contributed by atoms with Crippen LogP contribution in [0.2, 0.25) is 0 Å². The van der Waals surface area contributed by atoms with E-state index in [-0.39, 0.29) is 6.04 Å². The molecular formula is C47H37N3. The lowest BCUT2D eigenvalue weighted by atomic mass is 9.95. The number of aromatic nitrogens is 1. The van der Waals surface area contributed by atoms with E-state index in [2.05, 4.69) is 197 Å². The highest BCUT2D eigenvalue weighted by atomic mass is 15.2. The van der Waals surface area contributed by atoms with Crippen molar-refractivity contribution in [1.29, 1.82) is 0 Å². The number of rotatable bonds is 5. The predicted molar refractivity (Wildman–Crippen MR) is 212 cm³/mol. The molecule has 1 aliphatic carbocycles. The Morgan fingerprint density at radius 2 is 1.44 bits per heavy atom. The summed E-state index contributed by atoms with van der Waals surface area (Å²) in [7, 11) is 0. The van der Waals surface area contributed by atoms with E-state index in [0.29, 0.717) is 0 Å². The second kappa shape index (κ2) is 12.6. The molecule has 1 atom stereocenters. The zero-order valence-corrected chi connectivity index (χ0v) is 27.8. The first-order chi connectivity index (χ1) is 24.7. The van der Waals surface area contributed by atoms with Gasteiger partial charge in [-0.05, 0) is 101 Å². The standard InChI is InChI=1S/C47H37N3/c1-33-15-13-14-28-49(39-20-9-4-10-21-39)44-26-24-36(29-41(33)44)37-25-27-46-42(30-37)40-22-11-12-23-45(40)50(46)47-32-38(34-16-5-2-6-17-34)31-43(48-47)35-18-7-3-8-19-35/h2-11,13-22,24-32,43,48H,1,12,23H2/b15-13-,28-14-. The third kappa shape index (κ3) is 5.34. The Kier molecular flexibility index (Phi) is 7.51. The molecule has 50 heavy (non-hydrogen) atoms. The van der Waals surface area contributed by atoms with Gasteiger partial charge in [-0.15, -0.1) is 0 Å². The van der Waals surface area contributed by atoms with E-state index in [1.807, 2.05) is 0 Å². The molecule has 1 aromatic heterocycles. The molecule has 3 aliphatic rings. The molecule has 3 nitrogen and oxygen atoms in total. The summed E-state index contributed by atoms with van der Waals surface area (Å²) in [5.74, 6) is 1.10. The number of nitrogens with zero attached hydrogens (tertiary/aromatic N) is 2. The van der Waals surface area contributed by atoms with Gasteiger partial charge < -0.3 is 10.2 Å². The number of hydrogen-bond acceptors (Lipinski definition) is 2. The predicted octanol–water partition coefficient (Wildman–Crippen LogP) is 11.7. The zero-order valence-electron chi connectivity index (χ0n) is 27.8. The van der Waals surface area contributed by atoms with Crippen molar-refractivity contribution in [1.82, 2.24) is 9.88 Å². The van der Waals surface area contributed by atoms with Crippen molar-refractivity contribution >= 4 is 45.3 Å². The first-order valence-corrected chi connectivity index (χ1v) is 17.4. The smallest absolute Gasteiger partial charge is 0.112 e. The molecule has 6 aromatic rings. The van der Waals surface area contributed by atoms with E-state index in [1.54, 1.807) is 0 Å². The van der Waals surface area contributed by atoms with E-state index >= 15 is 0 Å². The van der Waals surface area contributed by atoms with Gasteiger partial charge in [-0.2, -0.15) is 0 Å². The number of fused-ring (bicyclic) bond motifs is 4. The molecule has 0 spiro atoms. The molecule has 3 heterocycles. The molecule has 0 radical (unpaired) electrons. The maximum absolute atomic E-state index is 4.46. The van der Waals surface area contributed by atoms with Crippen molar-refractivity contribution in [3.05, 3.63) is 205 Å². The zero-order chi connectivity index (χ0) is 33.4. The van der Waals surface area contributed by atoms with E-state index in [4.69, 9.17) is 0 Å². The summed E-state index contributed by atoms with van der Waals surface area (Å²) < 4.78 is 2.47. The van der Waals surface area contributed by atoms with Crippen LogP contribution in [0.3, 0.4) is 0 Å². The van der Waals surface area contributed by atoms with Gasteiger partial charge in [0.05, 0.1) is 17.2 Å². The first-order valence-electron chi connectivity index (χ1n) is 17.4. The van der Waals surface area contributed by atoms with E-state index in [9.17, 15) is 0 Å². The summed E-state index contributed by atoms with van der Waals surface area (Å²) in [5.41, 5.74) is 14.3. The molecule has 1 unspecified atom stereocenters. The minimum absolute atomic E-state index is 0.0501. The van der Waals surface area contributed by atoms with Crippen LogP contribution in [0.5, 0.6) is 0 Å². The lowest BCUT2D eigenvalue weighted by molar-refractivity contribution is 0.722. The highest BCUT2D eigenvalue weighted by Crippen LogP contribution is 2.41. The molecule has 0 saturated carbocycles. The Bertz CT molecular complexity index is 2400. The number of dihydropyridines is 1. The molecule has 5 aromatic carbocycles. The third-order valence-electron chi connectivity index (χ3n) is 10.0. The average Bonchev–Trinajstić information content (AvgIpc) is 3.51. The van der Waals surface area contributed by atoms with Crippen LogP contribution >= 0.6 is 0 Å². The highest BCUT2D eigenvalue weighted by Gasteiger charge is 2.25. The van der Waals surface area contributed by atoms with Crippen LogP contribution in [0, 0.1) is 0 Å². The largest absolute Gasteiger partial charge is 0.361 e. The minimum Gasteiger partial charge on any atom is -0.361 e. The number of para-hydroxylation sites is 1. The first kappa shape index (κ1) is 29.8. The number of benzene rings is 5. The van der Waals surface area contributed by atoms with Crippen LogP contribution in [-0.4, -0.2) is 4.57 Å². The van der Waals surface area contributed by atoms with E-state index in [0.717, 1.165) is 41.2 Å². The molecule has 0 bridgehead atoms. The molecule has 2 aliphatic heterocycles. The SMILES string of the molecule is C=C1/C=C\C=C/N(c2ccccc2)c2ccc(-c3ccc4c(c3)c3c(n4C4=CC(c5ccccc5)=CC(c5ccccc5)N4)CCC=C3)cc21. The molecule has 1 N–H and O–H groups in total. The summed E-state index contributed by atoms with van der Waals surface area (Å²) in [6.07, 6.45) is 19.7. The summed E-state index contributed by atoms with van der Waals surface area (Å²) in [5, 5.41) is 5.19. The van der Waals surface area contributed by atoms with Crippen molar-refractivity contribution < 1.29 is 0 Å². The quantitative estimate of drug-likeness (QED) is 0.202. The van der Waals surface area contributed by atoms with Crippen LogP contribution in [-0.2, 0) is 6.42 Å². The normalized spacial score (nSPS) is 17.9. The number of hydrogen-bond donors (Lipinski definition) is 1. The van der Waals surface area contributed by atoms with E-state index in [1.165, 1.54) is 50.0 Å². The van der Waals surface area contributed by atoms with Gasteiger partial charge in [0, 0.05) is 34.1 Å². The van der Waals surface area contributed by atoms with Crippen molar-refractivity contribution in [2.45, 2.75) is 18.9 Å². The Hall–Kier alpha value is -6.32. The van der Waals surface area contributed by atoms with Gasteiger partial charge in [0.15, 0.2) is 0 Å². The molecule has 0 amide bonds. The van der Waals surface area contributed by atoms with Crippen LogP contribution in [0.25, 0.3) is 45.1 Å². The van der Waals surface area contributed by atoms with Gasteiger partial charge in [0.25, 0.3) is 0 Å². The molecule has 0 fully saturated rings. The summed E-state index contributed by atoms with van der Waals surface area (Å²) in [4.78, 5) is 2.24. The Balaban J connectivity index is 1.17.